The lowest BCUT2D eigenvalue weighted by molar-refractivity contribution is -0.122. The minimum Gasteiger partial charge on any atom is -0.491 e. The maximum absolute atomic E-state index is 13.0. The van der Waals surface area contributed by atoms with Gasteiger partial charge in [-0.3, -0.25) is 9.69 Å². The van der Waals surface area contributed by atoms with Crippen molar-refractivity contribution in [2.24, 2.45) is 0 Å². The molecule has 4 nitrogen and oxygen atoms in total. The van der Waals surface area contributed by atoms with Crippen molar-refractivity contribution in [1.29, 1.82) is 0 Å². The van der Waals surface area contributed by atoms with Gasteiger partial charge in [-0.2, -0.15) is 0 Å². The fourth-order valence-electron chi connectivity index (χ4n) is 3.98. The average molecular weight is 354 g/mol. The fourth-order valence-corrected chi connectivity index (χ4v) is 3.98. The van der Waals surface area contributed by atoms with E-state index in [1.165, 1.54) is 25.0 Å². The Labute approximate surface area is 153 Å². The van der Waals surface area contributed by atoms with Crippen LogP contribution in [0.3, 0.4) is 0 Å². The van der Waals surface area contributed by atoms with E-state index in [0.717, 1.165) is 30.0 Å². The van der Waals surface area contributed by atoms with Gasteiger partial charge in [0.25, 0.3) is 0 Å². The Morgan fingerprint density at radius 3 is 2.62 bits per heavy atom. The van der Waals surface area contributed by atoms with Gasteiger partial charge < -0.3 is 10.1 Å². The van der Waals surface area contributed by atoms with Crippen molar-refractivity contribution in [2.75, 3.05) is 19.7 Å². The number of fused-ring (bicyclic) bond motifs is 1. The molecule has 1 amide bonds. The quantitative estimate of drug-likeness (QED) is 0.917. The SMILES string of the molecule is O=C(Cc1ccc(F)cc1)NC1COc2ccccc2C1N1CCCC1. The van der Waals surface area contributed by atoms with Crippen LogP contribution in [0.25, 0.3) is 0 Å². The summed E-state index contributed by atoms with van der Waals surface area (Å²) in [6, 6.07) is 14.2. The van der Waals surface area contributed by atoms with Gasteiger partial charge in [0, 0.05) is 5.56 Å². The summed E-state index contributed by atoms with van der Waals surface area (Å²) in [4.78, 5) is 15.0. The van der Waals surface area contributed by atoms with Crippen LogP contribution in [-0.4, -0.2) is 36.5 Å². The molecule has 0 radical (unpaired) electrons. The Kier molecular flexibility index (Phi) is 4.89. The number of ether oxygens (including phenoxy) is 1. The second kappa shape index (κ2) is 7.46. The van der Waals surface area contributed by atoms with Gasteiger partial charge in [0.15, 0.2) is 0 Å². The molecule has 2 aromatic rings. The molecule has 2 heterocycles. The maximum Gasteiger partial charge on any atom is 0.224 e. The minimum absolute atomic E-state index is 0.0613. The van der Waals surface area contributed by atoms with Crippen molar-refractivity contribution in [1.82, 2.24) is 10.2 Å². The lowest BCUT2D eigenvalue weighted by atomic mass is 9.94. The summed E-state index contributed by atoms with van der Waals surface area (Å²) in [5.74, 6) is 0.558. The molecule has 2 unspecified atom stereocenters. The van der Waals surface area contributed by atoms with Crippen LogP contribution in [-0.2, 0) is 11.2 Å². The van der Waals surface area contributed by atoms with Gasteiger partial charge in [0.2, 0.25) is 5.91 Å². The van der Waals surface area contributed by atoms with E-state index in [0.29, 0.717) is 6.61 Å². The van der Waals surface area contributed by atoms with Crippen LogP contribution in [0, 0.1) is 5.82 Å². The second-order valence-corrected chi connectivity index (χ2v) is 7.01. The zero-order valence-corrected chi connectivity index (χ0v) is 14.7. The van der Waals surface area contributed by atoms with E-state index < -0.39 is 0 Å². The topological polar surface area (TPSA) is 41.6 Å². The number of carbonyl (C=O) groups is 1. The van der Waals surface area contributed by atoms with E-state index in [1.807, 2.05) is 18.2 Å². The van der Waals surface area contributed by atoms with Crippen LogP contribution in [0.4, 0.5) is 4.39 Å². The molecule has 136 valence electrons. The molecule has 5 heteroatoms. The number of nitrogens with zero attached hydrogens (tertiary/aromatic N) is 1. The van der Waals surface area contributed by atoms with Gasteiger partial charge >= 0.3 is 0 Å². The molecule has 0 bridgehead atoms. The molecule has 1 saturated heterocycles. The average Bonchev–Trinajstić information content (AvgIpc) is 3.17. The first kappa shape index (κ1) is 17.0. The number of benzene rings is 2. The van der Waals surface area contributed by atoms with Gasteiger partial charge in [-0.15, -0.1) is 0 Å². The van der Waals surface area contributed by atoms with Gasteiger partial charge in [-0.05, 0) is 49.7 Å². The van der Waals surface area contributed by atoms with E-state index in [4.69, 9.17) is 4.74 Å². The largest absolute Gasteiger partial charge is 0.491 e. The molecule has 2 atom stereocenters. The summed E-state index contributed by atoms with van der Waals surface area (Å²) in [6.07, 6.45) is 2.62. The molecule has 4 rings (SSSR count). The zero-order chi connectivity index (χ0) is 17.9. The molecule has 1 N–H and O–H groups in total. The number of nitrogens with one attached hydrogen (secondary N) is 1. The Hall–Kier alpha value is -2.40. The monoisotopic (exact) mass is 354 g/mol. The van der Waals surface area contributed by atoms with E-state index in [1.54, 1.807) is 12.1 Å². The van der Waals surface area contributed by atoms with Crippen molar-refractivity contribution < 1.29 is 13.9 Å². The maximum atomic E-state index is 13.0. The van der Waals surface area contributed by atoms with Crippen LogP contribution in [0.2, 0.25) is 0 Å². The number of likely N-dealkylation sites (tertiary alicyclic amines) is 1. The van der Waals surface area contributed by atoms with Gasteiger partial charge in [0.1, 0.15) is 18.2 Å². The highest BCUT2D eigenvalue weighted by atomic mass is 19.1. The van der Waals surface area contributed by atoms with Crippen LogP contribution >= 0.6 is 0 Å². The smallest absolute Gasteiger partial charge is 0.224 e. The molecular weight excluding hydrogens is 331 g/mol. The third kappa shape index (κ3) is 3.58. The molecule has 0 aliphatic carbocycles. The molecule has 2 aromatic carbocycles. The van der Waals surface area contributed by atoms with Crippen LogP contribution in [0.15, 0.2) is 48.5 Å². The third-order valence-corrected chi connectivity index (χ3v) is 5.20. The zero-order valence-electron chi connectivity index (χ0n) is 14.7. The Morgan fingerprint density at radius 2 is 1.85 bits per heavy atom. The predicted molar refractivity (Wildman–Crippen MR) is 97.5 cm³/mol. The summed E-state index contributed by atoms with van der Waals surface area (Å²) in [6.45, 7) is 2.56. The molecule has 0 saturated carbocycles. The van der Waals surface area contributed by atoms with E-state index in [-0.39, 0.29) is 30.2 Å². The van der Waals surface area contributed by atoms with Crippen molar-refractivity contribution in [3.8, 4) is 5.75 Å². The summed E-state index contributed by atoms with van der Waals surface area (Å²) in [5, 5.41) is 3.15. The minimum atomic E-state index is -0.291. The number of carbonyl (C=O) groups excluding carboxylic acids is 1. The van der Waals surface area contributed by atoms with E-state index in [9.17, 15) is 9.18 Å². The standard InChI is InChI=1S/C21H23FN2O2/c22-16-9-7-15(8-10-16)13-20(25)23-18-14-26-19-6-2-1-5-17(19)21(18)24-11-3-4-12-24/h1-2,5-10,18,21H,3-4,11-14H2,(H,23,25). The first-order valence-electron chi connectivity index (χ1n) is 9.20. The van der Waals surface area contributed by atoms with Gasteiger partial charge in [-0.1, -0.05) is 30.3 Å². The highest BCUT2D eigenvalue weighted by molar-refractivity contribution is 5.79. The number of hydrogen-bond acceptors (Lipinski definition) is 3. The summed E-state index contributed by atoms with van der Waals surface area (Å²) in [7, 11) is 0. The first-order valence-corrected chi connectivity index (χ1v) is 9.20. The molecular formula is C21H23FN2O2. The first-order chi connectivity index (χ1) is 12.7. The lowest BCUT2D eigenvalue weighted by Crippen LogP contribution is -2.51. The third-order valence-electron chi connectivity index (χ3n) is 5.20. The molecule has 0 aromatic heterocycles. The summed E-state index contributed by atoms with van der Waals surface area (Å²) in [5.41, 5.74) is 1.95. The highest BCUT2D eigenvalue weighted by Crippen LogP contribution is 2.37. The van der Waals surface area contributed by atoms with E-state index >= 15 is 0 Å². The van der Waals surface area contributed by atoms with Crippen molar-refractivity contribution >= 4 is 5.91 Å². The fraction of sp³-hybridized carbons (Fsp3) is 0.381. The number of amides is 1. The Bertz CT molecular complexity index is 772. The number of para-hydroxylation sites is 1. The number of rotatable bonds is 4. The van der Waals surface area contributed by atoms with Crippen LogP contribution < -0.4 is 10.1 Å². The Balaban J connectivity index is 1.50. The van der Waals surface area contributed by atoms with Crippen molar-refractivity contribution in [2.45, 2.75) is 31.3 Å². The number of halogens is 1. The van der Waals surface area contributed by atoms with Gasteiger partial charge in [0.05, 0.1) is 18.5 Å². The molecule has 0 spiro atoms. The van der Waals surface area contributed by atoms with Gasteiger partial charge in [-0.25, -0.2) is 4.39 Å². The normalized spacial score (nSPS) is 22.5. The Morgan fingerprint density at radius 1 is 1.12 bits per heavy atom. The summed E-state index contributed by atoms with van der Waals surface area (Å²) >= 11 is 0. The van der Waals surface area contributed by atoms with Crippen LogP contribution in [0.5, 0.6) is 5.75 Å². The lowest BCUT2D eigenvalue weighted by Gasteiger charge is -2.39. The molecule has 1 fully saturated rings. The number of hydrogen-bond donors (Lipinski definition) is 1. The molecule has 2 aliphatic heterocycles. The summed E-state index contributed by atoms with van der Waals surface area (Å²) < 4.78 is 18.9. The predicted octanol–water partition coefficient (Wildman–Crippen LogP) is 3.08. The van der Waals surface area contributed by atoms with E-state index in [2.05, 4.69) is 16.3 Å². The highest BCUT2D eigenvalue weighted by Gasteiger charge is 2.37. The van der Waals surface area contributed by atoms with Crippen molar-refractivity contribution in [3.05, 3.63) is 65.5 Å². The molecule has 2 aliphatic rings. The van der Waals surface area contributed by atoms with Crippen molar-refractivity contribution in [3.63, 3.8) is 0 Å². The molecule has 26 heavy (non-hydrogen) atoms. The van der Waals surface area contributed by atoms with Crippen LogP contribution in [0.1, 0.15) is 30.0 Å². The second-order valence-electron chi connectivity index (χ2n) is 7.01.